The fraction of sp³-hybridized carbons (Fsp3) is 0.154. The molecule has 1 aliphatic heterocycles. The van der Waals surface area contributed by atoms with Crippen LogP contribution in [-0.2, 0) is 9.59 Å². The number of ketones is 1. The molecule has 1 heterocycles. The van der Waals surface area contributed by atoms with Crippen LogP contribution in [0.1, 0.15) is 22.7 Å². The van der Waals surface area contributed by atoms with Crippen molar-refractivity contribution in [3.05, 3.63) is 93.8 Å². The molecule has 0 spiro atoms. The van der Waals surface area contributed by atoms with Crippen molar-refractivity contribution < 1.29 is 28.6 Å². The molecule has 34 heavy (non-hydrogen) atoms. The van der Waals surface area contributed by atoms with Crippen LogP contribution in [0, 0.1) is 12.7 Å². The first-order valence-electron chi connectivity index (χ1n) is 10.3. The summed E-state index contributed by atoms with van der Waals surface area (Å²) in [6, 6.07) is 14.4. The first-order valence-corrected chi connectivity index (χ1v) is 10.7. The Labute approximate surface area is 200 Å². The minimum atomic E-state index is -1.01. The van der Waals surface area contributed by atoms with E-state index in [1.165, 1.54) is 55.5 Å². The first-order chi connectivity index (χ1) is 16.3. The summed E-state index contributed by atoms with van der Waals surface area (Å²) in [7, 11) is 2.80. The Morgan fingerprint density at radius 2 is 1.68 bits per heavy atom. The number of aliphatic hydroxyl groups excluding tert-OH is 1. The highest BCUT2D eigenvalue weighted by Crippen LogP contribution is 2.44. The molecule has 0 aliphatic carbocycles. The van der Waals surface area contributed by atoms with E-state index in [4.69, 9.17) is 21.1 Å². The van der Waals surface area contributed by atoms with Crippen molar-refractivity contribution in [3.63, 3.8) is 0 Å². The predicted molar refractivity (Wildman–Crippen MR) is 127 cm³/mol. The molecule has 0 aromatic heterocycles. The van der Waals surface area contributed by atoms with Gasteiger partial charge in [-0.15, -0.1) is 0 Å². The van der Waals surface area contributed by atoms with Gasteiger partial charge < -0.3 is 14.6 Å². The molecule has 0 saturated carbocycles. The third-order valence-corrected chi connectivity index (χ3v) is 5.93. The molecular weight excluding hydrogens is 461 g/mol. The van der Waals surface area contributed by atoms with Crippen LogP contribution in [-0.4, -0.2) is 31.0 Å². The van der Waals surface area contributed by atoms with Crippen LogP contribution in [0.4, 0.5) is 10.1 Å². The number of rotatable bonds is 5. The summed E-state index contributed by atoms with van der Waals surface area (Å²) < 4.78 is 24.3. The van der Waals surface area contributed by atoms with E-state index in [9.17, 15) is 19.1 Å². The van der Waals surface area contributed by atoms with Gasteiger partial charge in [-0.25, -0.2) is 4.39 Å². The van der Waals surface area contributed by atoms with Gasteiger partial charge in [0.1, 0.15) is 23.1 Å². The quantitative estimate of drug-likeness (QED) is 0.299. The van der Waals surface area contributed by atoms with E-state index in [2.05, 4.69) is 0 Å². The highest BCUT2D eigenvalue weighted by atomic mass is 35.5. The Morgan fingerprint density at radius 3 is 2.29 bits per heavy atom. The molecule has 1 amide bonds. The fourth-order valence-corrected chi connectivity index (χ4v) is 4.26. The lowest BCUT2D eigenvalue weighted by Gasteiger charge is -2.26. The van der Waals surface area contributed by atoms with E-state index in [0.717, 1.165) is 5.56 Å². The van der Waals surface area contributed by atoms with Crippen molar-refractivity contribution in [2.75, 3.05) is 19.1 Å². The molecule has 1 N–H and O–H groups in total. The summed E-state index contributed by atoms with van der Waals surface area (Å²) in [6.45, 7) is 1.86. The van der Waals surface area contributed by atoms with Gasteiger partial charge in [0.15, 0.2) is 0 Å². The summed E-state index contributed by atoms with van der Waals surface area (Å²) in [5.41, 5.74) is 1.75. The molecule has 8 heteroatoms. The van der Waals surface area contributed by atoms with Crippen LogP contribution < -0.4 is 14.4 Å². The largest absolute Gasteiger partial charge is 0.507 e. The highest BCUT2D eigenvalue weighted by Gasteiger charge is 2.47. The molecule has 1 unspecified atom stereocenters. The van der Waals surface area contributed by atoms with Crippen molar-refractivity contribution in [3.8, 4) is 11.5 Å². The fourth-order valence-electron chi connectivity index (χ4n) is 4.03. The summed E-state index contributed by atoms with van der Waals surface area (Å²) in [6.07, 6.45) is 0. The van der Waals surface area contributed by atoms with Gasteiger partial charge in [0.25, 0.3) is 11.7 Å². The van der Waals surface area contributed by atoms with Gasteiger partial charge in [0.2, 0.25) is 0 Å². The lowest BCUT2D eigenvalue weighted by Crippen LogP contribution is -2.29. The van der Waals surface area contributed by atoms with Crippen LogP contribution in [0.3, 0.4) is 0 Å². The zero-order valence-electron chi connectivity index (χ0n) is 18.6. The Bertz CT molecular complexity index is 1320. The van der Waals surface area contributed by atoms with Gasteiger partial charge in [-0.2, -0.15) is 0 Å². The number of benzene rings is 3. The number of methoxy groups -OCH3 is 2. The normalized spacial score (nSPS) is 17.2. The smallest absolute Gasteiger partial charge is 0.300 e. The van der Waals surface area contributed by atoms with E-state index in [-0.39, 0.29) is 27.7 Å². The van der Waals surface area contributed by atoms with E-state index in [0.29, 0.717) is 11.3 Å². The second-order valence-corrected chi connectivity index (χ2v) is 8.15. The Kier molecular flexibility index (Phi) is 6.30. The van der Waals surface area contributed by atoms with Crippen molar-refractivity contribution in [2.45, 2.75) is 13.0 Å². The number of halogens is 2. The summed E-state index contributed by atoms with van der Waals surface area (Å²) in [5.74, 6) is -2.21. The Hall–Kier alpha value is -3.84. The van der Waals surface area contributed by atoms with E-state index in [1.807, 2.05) is 13.0 Å². The van der Waals surface area contributed by atoms with Gasteiger partial charge >= 0.3 is 0 Å². The molecule has 6 nitrogen and oxygen atoms in total. The average Bonchev–Trinajstić information content (AvgIpc) is 3.09. The van der Waals surface area contributed by atoms with Gasteiger partial charge in [-0.3, -0.25) is 14.5 Å². The summed E-state index contributed by atoms with van der Waals surface area (Å²) >= 11 is 6.19. The van der Waals surface area contributed by atoms with E-state index >= 15 is 0 Å². The SMILES string of the molecule is COc1cc(/C(O)=C2\C(=O)C(=O)N(c3cccc(C)c3)C2c2ccc(F)cc2)c(OC)cc1Cl. The molecule has 1 saturated heterocycles. The number of amides is 1. The number of hydrogen-bond donors (Lipinski definition) is 1. The third kappa shape index (κ3) is 3.99. The minimum absolute atomic E-state index is 0.123. The number of anilines is 1. The minimum Gasteiger partial charge on any atom is -0.507 e. The van der Waals surface area contributed by atoms with Crippen molar-refractivity contribution in [2.24, 2.45) is 0 Å². The lowest BCUT2D eigenvalue weighted by atomic mass is 9.94. The molecule has 3 aromatic rings. The summed E-state index contributed by atoms with van der Waals surface area (Å²) in [4.78, 5) is 27.8. The molecular formula is C26H21ClFNO5. The Morgan fingerprint density at radius 1 is 1.00 bits per heavy atom. The van der Waals surface area contributed by atoms with Crippen LogP contribution in [0.15, 0.2) is 66.2 Å². The first kappa shape index (κ1) is 23.3. The molecule has 3 aromatic carbocycles. The van der Waals surface area contributed by atoms with Crippen LogP contribution in [0.2, 0.25) is 5.02 Å². The predicted octanol–water partition coefficient (Wildman–Crippen LogP) is 5.43. The standard InChI is InChI=1S/C26H21ClFNO5/c1-14-5-4-6-17(11-14)29-23(15-7-9-16(28)10-8-15)22(25(31)26(29)32)24(30)18-12-21(34-3)19(27)13-20(18)33-2/h4-13,23,30H,1-3H3/b24-22+. The second-order valence-electron chi connectivity index (χ2n) is 7.75. The topological polar surface area (TPSA) is 76.1 Å². The van der Waals surface area contributed by atoms with Crippen LogP contribution in [0.5, 0.6) is 11.5 Å². The molecule has 0 radical (unpaired) electrons. The zero-order chi connectivity index (χ0) is 24.6. The van der Waals surface area contributed by atoms with E-state index in [1.54, 1.807) is 18.2 Å². The molecule has 4 rings (SSSR count). The zero-order valence-corrected chi connectivity index (χ0v) is 19.4. The number of carbonyl (C=O) groups excluding carboxylic acids is 2. The number of nitrogens with zero attached hydrogens (tertiary/aromatic N) is 1. The summed E-state index contributed by atoms with van der Waals surface area (Å²) in [5, 5.41) is 11.6. The Balaban J connectivity index is 2.00. The highest BCUT2D eigenvalue weighted by molar-refractivity contribution is 6.51. The van der Waals surface area contributed by atoms with Crippen LogP contribution >= 0.6 is 11.6 Å². The van der Waals surface area contributed by atoms with Gasteiger partial charge in [0.05, 0.1) is 36.4 Å². The number of ether oxygens (including phenoxy) is 2. The average molecular weight is 482 g/mol. The molecule has 1 atom stereocenters. The second kappa shape index (κ2) is 9.19. The van der Waals surface area contributed by atoms with Crippen molar-refractivity contribution in [1.82, 2.24) is 0 Å². The molecule has 174 valence electrons. The van der Waals surface area contributed by atoms with Crippen molar-refractivity contribution >= 4 is 34.7 Å². The third-order valence-electron chi connectivity index (χ3n) is 5.64. The van der Waals surface area contributed by atoms with Gasteiger partial charge in [-0.05, 0) is 48.4 Å². The number of aryl methyl sites for hydroxylation is 1. The maximum Gasteiger partial charge on any atom is 0.300 e. The maximum atomic E-state index is 13.7. The van der Waals surface area contributed by atoms with E-state index < -0.39 is 29.3 Å². The lowest BCUT2D eigenvalue weighted by molar-refractivity contribution is -0.132. The molecule has 1 aliphatic rings. The maximum absolute atomic E-state index is 13.7. The molecule has 1 fully saturated rings. The number of aliphatic hydroxyl groups is 1. The van der Waals surface area contributed by atoms with Gasteiger partial charge in [-0.1, -0.05) is 35.9 Å². The molecule has 0 bridgehead atoms. The van der Waals surface area contributed by atoms with Crippen molar-refractivity contribution in [1.29, 1.82) is 0 Å². The number of carbonyl (C=O) groups is 2. The number of Topliss-reactive ketones (excluding diaryl/α,β-unsaturated/α-hetero) is 1. The van der Waals surface area contributed by atoms with Crippen LogP contribution in [0.25, 0.3) is 5.76 Å². The number of hydrogen-bond acceptors (Lipinski definition) is 5. The van der Waals surface area contributed by atoms with Gasteiger partial charge in [0, 0.05) is 11.8 Å². The monoisotopic (exact) mass is 481 g/mol.